The van der Waals surface area contributed by atoms with E-state index >= 15 is 0 Å². The molecule has 0 aliphatic rings. The van der Waals surface area contributed by atoms with Crippen LogP contribution < -0.4 is 4.74 Å². The molecular formula is C13H15N3O3S. The summed E-state index contributed by atoms with van der Waals surface area (Å²) < 4.78 is 7.44. The van der Waals surface area contributed by atoms with Gasteiger partial charge in [0.1, 0.15) is 12.4 Å². The summed E-state index contributed by atoms with van der Waals surface area (Å²) in [6.45, 7) is 2.27. The summed E-state index contributed by atoms with van der Waals surface area (Å²) in [5, 5.41) is 17.2. The zero-order chi connectivity index (χ0) is 14.5. The van der Waals surface area contributed by atoms with Gasteiger partial charge >= 0.3 is 5.97 Å². The number of thioether (sulfide) groups is 1. The molecule has 0 unspecified atom stereocenters. The fraction of sp³-hybridized carbons (Fsp3) is 0.308. The van der Waals surface area contributed by atoms with Crippen LogP contribution in [0.1, 0.15) is 11.4 Å². The Labute approximate surface area is 120 Å². The number of hydrogen-bond donors (Lipinski definition) is 1. The van der Waals surface area contributed by atoms with Crippen molar-refractivity contribution < 1.29 is 14.6 Å². The first kappa shape index (κ1) is 14.4. The molecular weight excluding hydrogens is 278 g/mol. The lowest BCUT2D eigenvalue weighted by atomic mass is 10.2. The lowest BCUT2D eigenvalue weighted by Crippen LogP contribution is -2.05. The van der Waals surface area contributed by atoms with Crippen LogP contribution in [0, 0.1) is 6.92 Å². The molecule has 0 saturated carbocycles. The highest BCUT2D eigenvalue weighted by Gasteiger charge is 2.11. The number of carboxylic acids is 1. The molecule has 0 fully saturated rings. The van der Waals surface area contributed by atoms with Gasteiger partial charge in [0, 0.05) is 7.05 Å². The van der Waals surface area contributed by atoms with Gasteiger partial charge in [0.05, 0.1) is 5.75 Å². The number of para-hydroxylation sites is 1. The summed E-state index contributed by atoms with van der Waals surface area (Å²) in [6, 6.07) is 7.73. The first-order valence-electron chi connectivity index (χ1n) is 5.99. The van der Waals surface area contributed by atoms with Gasteiger partial charge in [-0.25, -0.2) is 0 Å². The van der Waals surface area contributed by atoms with Gasteiger partial charge in [0.2, 0.25) is 0 Å². The average molecular weight is 293 g/mol. The summed E-state index contributed by atoms with van der Waals surface area (Å²) >= 11 is 1.14. The van der Waals surface area contributed by atoms with Crippen molar-refractivity contribution in [2.75, 3.05) is 5.75 Å². The molecule has 1 aromatic heterocycles. The lowest BCUT2D eigenvalue weighted by Gasteiger charge is -2.08. The van der Waals surface area contributed by atoms with Gasteiger partial charge < -0.3 is 14.4 Å². The number of hydrogen-bond acceptors (Lipinski definition) is 5. The second kappa shape index (κ2) is 6.42. The fourth-order valence-corrected chi connectivity index (χ4v) is 2.23. The molecule has 1 aromatic carbocycles. The van der Waals surface area contributed by atoms with E-state index in [2.05, 4.69) is 10.2 Å². The number of ether oxygens (including phenoxy) is 1. The Morgan fingerprint density at radius 3 is 2.85 bits per heavy atom. The molecule has 20 heavy (non-hydrogen) atoms. The highest BCUT2D eigenvalue weighted by molar-refractivity contribution is 7.99. The zero-order valence-electron chi connectivity index (χ0n) is 11.2. The minimum Gasteiger partial charge on any atom is -0.485 e. The number of rotatable bonds is 6. The standard InChI is InChI=1S/C13H15N3O3S/c1-9-5-3-4-6-10(9)19-7-11-14-15-13(16(11)2)20-8-12(17)18/h3-6H,7-8H2,1-2H3,(H,17,18). The highest BCUT2D eigenvalue weighted by atomic mass is 32.2. The Bertz CT molecular complexity index is 613. The molecule has 0 saturated heterocycles. The van der Waals surface area contributed by atoms with E-state index in [4.69, 9.17) is 9.84 Å². The third-order valence-corrected chi connectivity index (χ3v) is 3.71. The fourth-order valence-electron chi connectivity index (χ4n) is 1.58. The number of aliphatic carboxylic acids is 1. The van der Waals surface area contributed by atoms with Gasteiger partial charge in [-0.05, 0) is 18.6 Å². The molecule has 6 nitrogen and oxygen atoms in total. The Morgan fingerprint density at radius 2 is 2.15 bits per heavy atom. The molecule has 2 aromatic rings. The minimum atomic E-state index is -0.879. The molecule has 0 aliphatic carbocycles. The van der Waals surface area contributed by atoms with Crippen LogP contribution in [0.5, 0.6) is 5.75 Å². The maximum atomic E-state index is 10.5. The van der Waals surface area contributed by atoms with E-state index in [1.54, 1.807) is 11.6 Å². The monoisotopic (exact) mass is 293 g/mol. The third-order valence-electron chi connectivity index (χ3n) is 2.70. The Balaban J connectivity index is 2.00. The molecule has 1 heterocycles. The third kappa shape index (κ3) is 3.51. The van der Waals surface area contributed by atoms with Crippen molar-refractivity contribution in [3.63, 3.8) is 0 Å². The van der Waals surface area contributed by atoms with Crippen molar-refractivity contribution in [3.8, 4) is 5.75 Å². The highest BCUT2D eigenvalue weighted by Crippen LogP contribution is 2.19. The van der Waals surface area contributed by atoms with Crippen LogP contribution >= 0.6 is 11.8 Å². The van der Waals surface area contributed by atoms with Crippen molar-refractivity contribution in [2.45, 2.75) is 18.7 Å². The topological polar surface area (TPSA) is 77.2 Å². The summed E-state index contributed by atoms with van der Waals surface area (Å²) in [4.78, 5) is 10.5. The predicted octanol–water partition coefficient (Wildman–Crippen LogP) is 1.88. The van der Waals surface area contributed by atoms with Crippen LogP contribution in [0.15, 0.2) is 29.4 Å². The summed E-state index contributed by atoms with van der Waals surface area (Å²) in [7, 11) is 1.79. The molecule has 0 amide bonds. The molecule has 106 valence electrons. The first-order chi connectivity index (χ1) is 9.58. The van der Waals surface area contributed by atoms with Crippen molar-refractivity contribution in [1.29, 1.82) is 0 Å². The molecule has 0 aliphatic heterocycles. The lowest BCUT2D eigenvalue weighted by molar-refractivity contribution is -0.133. The number of benzene rings is 1. The van der Waals surface area contributed by atoms with Crippen molar-refractivity contribution in [3.05, 3.63) is 35.7 Å². The second-order valence-electron chi connectivity index (χ2n) is 4.19. The van der Waals surface area contributed by atoms with Crippen molar-refractivity contribution in [2.24, 2.45) is 7.05 Å². The van der Waals surface area contributed by atoms with Gasteiger partial charge in [0.25, 0.3) is 0 Å². The normalized spacial score (nSPS) is 10.5. The van der Waals surface area contributed by atoms with Gasteiger partial charge in [-0.3, -0.25) is 4.79 Å². The van der Waals surface area contributed by atoms with Gasteiger partial charge in [-0.1, -0.05) is 30.0 Å². The van der Waals surface area contributed by atoms with E-state index in [0.717, 1.165) is 23.1 Å². The second-order valence-corrected chi connectivity index (χ2v) is 5.14. The van der Waals surface area contributed by atoms with E-state index in [-0.39, 0.29) is 5.75 Å². The van der Waals surface area contributed by atoms with Gasteiger partial charge in [-0.2, -0.15) is 0 Å². The van der Waals surface area contributed by atoms with Crippen molar-refractivity contribution >= 4 is 17.7 Å². The largest absolute Gasteiger partial charge is 0.485 e. The van der Waals surface area contributed by atoms with E-state index in [9.17, 15) is 4.79 Å². The predicted molar refractivity (Wildman–Crippen MR) is 74.9 cm³/mol. The van der Waals surface area contributed by atoms with E-state index in [1.807, 2.05) is 31.2 Å². The SMILES string of the molecule is Cc1ccccc1OCc1nnc(SCC(=O)O)n1C. The first-order valence-corrected chi connectivity index (χ1v) is 6.98. The molecule has 0 bridgehead atoms. The quantitative estimate of drug-likeness (QED) is 0.819. The Kier molecular flexibility index (Phi) is 4.62. The summed E-state index contributed by atoms with van der Waals surface area (Å²) in [5.74, 6) is 0.539. The van der Waals surface area contributed by atoms with Crippen LogP contribution in [-0.4, -0.2) is 31.6 Å². The number of carbonyl (C=O) groups is 1. The molecule has 0 atom stereocenters. The maximum Gasteiger partial charge on any atom is 0.313 e. The van der Waals surface area contributed by atoms with Crippen molar-refractivity contribution in [1.82, 2.24) is 14.8 Å². The number of carboxylic acid groups (broad SMARTS) is 1. The van der Waals surface area contributed by atoms with E-state index < -0.39 is 5.97 Å². The smallest absolute Gasteiger partial charge is 0.313 e. The molecule has 1 N–H and O–H groups in total. The molecule has 0 spiro atoms. The van der Waals surface area contributed by atoms with Gasteiger partial charge in [-0.15, -0.1) is 10.2 Å². The zero-order valence-corrected chi connectivity index (χ0v) is 12.1. The Hall–Kier alpha value is -2.02. The van der Waals surface area contributed by atoms with Gasteiger partial charge in [0.15, 0.2) is 11.0 Å². The average Bonchev–Trinajstić information content (AvgIpc) is 2.76. The minimum absolute atomic E-state index is 0.0371. The van der Waals surface area contributed by atoms with Crippen LogP contribution in [0.2, 0.25) is 0 Å². The summed E-state index contributed by atoms with van der Waals surface area (Å²) in [6.07, 6.45) is 0. The number of nitrogens with zero attached hydrogens (tertiary/aromatic N) is 3. The van der Waals surface area contributed by atoms with Crippen LogP contribution in [0.3, 0.4) is 0 Å². The molecule has 0 radical (unpaired) electrons. The maximum absolute atomic E-state index is 10.5. The van der Waals surface area contributed by atoms with E-state index in [0.29, 0.717) is 17.6 Å². The number of aryl methyl sites for hydroxylation is 1. The van der Waals surface area contributed by atoms with Crippen LogP contribution in [-0.2, 0) is 18.4 Å². The summed E-state index contributed by atoms with van der Waals surface area (Å²) in [5.41, 5.74) is 1.05. The van der Waals surface area contributed by atoms with Crippen LogP contribution in [0.4, 0.5) is 0 Å². The number of aromatic nitrogens is 3. The Morgan fingerprint density at radius 1 is 1.40 bits per heavy atom. The molecule has 7 heteroatoms. The van der Waals surface area contributed by atoms with Crippen LogP contribution in [0.25, 0.3) is 0 Å². The molecule has 2 rings (SSSR count). The van der Waals surface area contributed by atoms with E-state index in [1.165, 1.54) is 0 Å².